The van der Waals surface area contributed by atoms with Gasteiger partial charge in [-0.15, -0.1) is 0 Å². The van der Waals surface area contributed by atoms with Gasteiger partial charge >= 0.3 is 5.97 Å². The Kier molecular flexibility index (Phi) is 6.29. The van der Waals surface area contributed by atoms with E-state index in [1.807, 2.05) is 0 Å². The third kappa shape index (κ3) is 4.63. The maximum atomic E-state index is 12.6. The second-order valence-electron chi connectivity index (χ2n) is 5.98. The minimum absolute atomic E-state index is 0.105. The van der Waals surface area contributed by atoms with Gasteiger partial charge in [-0.25, -0.2) is 9.79 Å². The van der Waals surface area contributed by atoms with Crippen molar-refractivity contribution in [2.24, 2.45) is 4.99 Å². The highest BCUT2D eigenvalue weighted by molar-refractivity contribution is 9.10. The average Bonchev–Trinajstić information content (AvgIpc) is 2.93. The third-order valence-electron chi connectivity index (χ3n) is 3.96. The zero-order valence-corrected chi connectivity index (χ0v) is 17.9. The summed E-state index contributed by atoms with van der Waals surface area (Å²) in [5.41, 5.74) is 0.841. The molecule has 0 atom stereocenters. The van der Waals surface area contributed by atoms with Gasteiger partial charge in [0.05, 0.1) is 22.8 Å². The number of ether oxygens (including phenoxy) is 1. The summed E-state index contributed by atoms with van der Waals surface area (Å²) in [4.78, 5) is 29.8. The highest BCUT2D eigenvalue weighted by atomic mass is 79.9. The molecule has 0 aromatic heterocycles. The third-order valence-corrected chi connectivity index (χ3v) is 5.47. The first-order valence-electron chi connectivity index (χ1n) is 8.53. The van der Waals surface area contributed by atoms with Gasteiger partial charge in [-0.2, -0.15) is 0 Å². The van der Waals surface area contributed by atoms with Crippen molar-refractivity contribution in [1.82, 2.24) is 4.90 Å². The summed E-state index contributed by atoms with van der Waals surface area (Å²) in [6, 6.07) is 9.34. The van der Waals surface area contributed by atoms with E-state index in [4.69, 9.17) is 9.84 Å². The number of amides is 1. The Hall–Kier alpha value is -2.78. The number of carbonyl (C=O) groups excluding carboxylic acids is 1. The molecule has 0 aliphatic carbocycles. The molecule has 7 nitrogen and oxygen atoms in total. The Morgan fingerprint density at radius 2 is 2.14 bits per heavy atom. The maximum Gasteiger partial charge on any atom is 0.335 e. The quantitative estimate of drug-likeness (QED) is 0.658. The normalized spacial score (nSPS) is 16.7. The van der Waals surface area contributed by atoms with E-state index in [1.165, 1.54) is 23.1 Å². The molecule has 0 radical (unpaired) electrons. The van der Waals surface area contributed by atoms with Crippen LogP contribution in [0.1, 0.15) is 22.8 Å². The predicted molar refractivity (Wildman–Crippen MR) is 114 cm³/mol. The van der Waals surface area contributed by atoms with Crippen LogP contribution in [0.2, 0.25) is 0 Å². The number of hydrogen-bond donors (Lipinski definition) is 1. The topological polar surface area (TPSA) is 102 Å². The number of halogens is 1. The van der Waals surface area contributed by atoms with Gasteiger partial charge in [0.2, 0.25) is 0 Å². The van der Waals surface area contributed by atoms with Gasteiger partial charge in [-0.3, -0.25) is 9.69 Å². The number of rotatable bonds is 5. The molecule has 0 unspecified atom stereocenters. The summed E-state index contributed by atoms with van der Waals surface area (Å²) >= 11 is 4.46. The molecule has 1 N–H and O–H groups in total. The zero-order chi connectivity index (χ0) is 21.1. The maximum absolute atomic E-state index is 12.6. The van der Waals surface area contributed by atoms with E-state index in [0.29, 0.717) is 32.4 Å². The largest absolute Gasteiger partial charge is 0.870 e. The van der Waals surface area contributed by atoms with Crippen molar-refractivity contribution in [3.8, 4) is 11.5 Å². The minimum atomic E-state index is -1.06. The Bertz CT molecular complexity index is 1050. The molecule has 1 saturated heterocycles. The molecule has 1 aliphatic rings. The lowest BCUT2D eigenvalue weighted by molar-refractivity contribution is -0.270. The number of thioether (sulfide) groups is 1. The van der Waals surface area contributed by atoms with Gasteiger partial charge in [0, 0.05) is 11.5 Å². The van der Waals surface area contributed by atoms with Crippen LogP contribution in [-0.2, 0) is 4.79 Å². The average molecular weight is 476 g/mol. The Morgan fingerprint density at radius 3 is 2.83 bits per heavy atom. The first-order chi connectivity index (χ1) is 13.8. The van der Waals surface area contributed by atoms with Crippen LogP contribution in [0.25, 0.3) is 6.08 Å². The van der Waals surface area contributed by atoms with Crippen LogP contribution in [0.4, 0.5) is 5.69 Å². The molecule has 0 saturated carbocycles. The lowest BCUT2D eigenvalue weighted by atomic mass is 10.1. The van der Waals surface area contributed by atoms with E-state index in [1.54, 1.807) is 38.2 Å². The number of carboxylic acid groups (broad SMARTS) is 1. The van der Waals surface area contributed by atoms with Crippen LogP contribution < -0.4 is 9.84 Å². The first-order valence-corrected chi connectivity index (χ1v) is 10.1. The number of amidine groups is 1. The number of carbonyl (C=O) groups is 2. The molecule has 2 aromatic rings. The second kappa shape index (κ2) is 8.71. The molecule has 0 spiro atoms. The van der Waals surface area contributed by atoms with E-state index in [2.05, 4.69) is 20.9 Å². The molecule has 150 valence electrons. The van der Waals surface area contributed by atoms with Crippen molar-refractivity contribution in [2.45, 2.75) is 6.92 Å². The summed E-state index contributed by atoms with van der Waals surface area (Å²) in [6.07, 6.45) is 1.51. The second-order valence-corrected chi connectivity index (χ2v) is 7.90. The lowest BCUT2D eigenvalue weighted by Crippen LogP contribution is -2.23. The molecular weight excluding hydrogens is 460 g/mol. The molecule has 1 fully saturated rings. The fourth-order valence-corrected chi connectivity index (χ4v) is 4.00. The monoisotopic (exact) mass is 475 g/mol. The number of aliphatic imine (C=N–C) groups is 1. The zero-order valence-electron chi connectivity index (χ0n) is 15.5. The summed E-state index contributed by atoms with van der Waals surface area (Å²) in [7, 11) is 1.57. The van der Waals surface area contributed by atoms with Crippen molar-refractivity contribution in [2.75, 3.05) is 13.7 Å². The Labute approximate surface area is 179 Å². The molecule has 29 heavy (non-hydrogen) atoms. The SMILES string of the molecule is CCOc1cc(Br)cc(/C=C2\SC(=Nc3cccc(C(=O)O)c3)N(C)C2=O)c1[O-]. The molecule has 1 heterocycles. The number of hydrogen-bond acceptors (Lipinski definition) is 6. The smallest absolute Gasteiger partial charge is 0.335 e. The van der Waals surface area contributed by atoms with E-state index in [-0.39, 0.29) is 23.0 Å². The standard InChI is InChI=1S/C20H17BrN2O5S/c1-3-28-15-10-13(21)7-12(17(15)24)9-16-18(25)23(2)20(29-16)22-14-6-4-5-11(8-14)19(26)27/h4-10,24H,3H2,1-2H3,(H,26,27)/p-1/b16-9-,22-20?. The molecule has 1 aliphatic heterocycles. The van der Waals surface area contributed by atoms with E-state index >= 15 is 0 Å². The van der Waals surface area contributed by atoms with Gasteiger partial charge in [-0.1, -0.05) is 27.7 Å². The van der Waals surface area contributed by atoms with Crippen molar-refractivity contribution in [3.05, 3.63) is 56.9 Å². The molecule has 9 heteroatoms. The van der Waals surface area contributed by atoms with Crippen LogP contribution in [-0.4, -0.2) is 40.7 Å². The van der Waals surface area contributed by atoms with Crippen LogP contribution in [0.5, 0.6) is 11.5 Å². The van der Waals surface area contributed by atoms with E-state index < -0.39 is 5.97 Å². The van der Waals surface area contributed by atoms with E-state index in [0.717, 1.165) is 11.8 Å². The molecule has 1 amide bonds. The van der Waals surface area contributed by atoms with Gasteiger partial charge in [0.25, 0.3) is 5.91 Å². The predicted octanol–water partition coefficient (Wildman–Crippen LogP) is 3.85. The van der Waals surface area contributed by atoms with Gasteiger partial charge in [0.1, 0.15) is 5.75 Å². The first kappa shape index (κ1) is 20.9. The Balaban J connectivity index is 1.95. The van der Waals surface area contributed by atoms with Crippen molar-refractivity contribution >= 4 is 56.5 Å². The van der Waals surface area contributed by atoms with Crippen LogP contribution in [0, 0.1) is 0 Å². The number of aromatic carboxylic acids is 1. The van der Waals surface area contributed by atoms with Gasteiger partial charge < -0.3 is 14.9 Å². The Morgan fingerprint density at radius 1 is 1.38 bits per heavy atom. The van der Waals surface area contributed by atoms with Gasteiger partial charge in [0.15, 0.2) is 5.17 Å². The number of carboxylic acids is 1. The minimum Gasteiger partial charge on any atom is -0.870 e. The number of benzene rings is 2. The molecule has 0 bridgehead atoms. The number of nitrogens with zero attached hydrogens (tertiary/aromatic N) is 2. The molecule has 3 rings (SSSR count). The summed E-state index contributed by atoms with van der Waals surface area (Å²) < 4.78 is 6.02. The molecular formula is C20H16BrN2O5S-. The number of likely N-dealkylation sites (N-methyl/N-ethyl adjacent to an activating group) is 1. The lowest BCUT2D eigenvalue weighted by Gasteiger charge is -2.17. The summed E-state index contributed by atoms with van der Waals surface area (Å²) in [5, 5.41) is 22.0. The van der Waals surface area contributed by atoms with Gasteiger partial charge in [-0.05, 0) is 60.7 Å². The highest BCUT2D eigenvalue weighted by Gasteiger charge is 2.30. The van der Waals surface area contributed by atoms with Crippen LogP contribution >= 0.6 is 27.7 Å². The van der Waals surface area contributed by atoms with Crippen LogP contribution in [0.15, 0.2) is 50.8 Å². The van der Waals surface area contributed by atoms with E-state index in [9.17, 15) is 14.7 Å². The van der Waals surface area contributed by atoms with Crippen molar-refractivity contribution < 1.29 is 24.5 Å². The van der Waals surface area contributed by atoms with Crippen molar-refractivity contribution in [3.63, 3.8) is 0 Å². The van der Waals surface area contributed by atoms with Crippen molar-refractivity contribution in [1.29, 1.82) is 0 Å². The highest BCUT2D eigenvalue weighted by Crippen LogP contribution is 2.37. The summed E-state index contributed by atoms with van der Waals surface area (Å²) in [5.74, 6) is -1.46. The molecule has 2 aromatic carbocycles. The van der Waals surface area contributed by atoms with Crippen LogP contribution in [0.3, 0.4) is 0 Å². The fraction of sp³-hybridized carbons (Fsp3) is 0.150. The fourth-order valence-electron chi connectivity index (χ4n) is 2.57. The summed E-state index contributed by atoms with van der Waals surface area (Å²) in [6.45, 7) is 2.14.